The fourth-order valence-corrected chi connectivity index (χ4v) is 7.77. The Labute approximate surface area is 232 Å². The highest BCUT2D eigenvalue weighted by Crippen LogP contribution is 2.57. The molecule has 0 spiro atoms. The quantitative estimate of drug-likeness (QED) is 0.126. The van der Waals surface area contributed by atoms with Gasteiger partial charge in [0.15, 0.2) is 6.29 Å². The second-order valence-electron chi connectivity index (χ2n) is 10.9. The molecule has 1 saturated carbocycles. The van der Waals surface area contributed by atoms with Gasteiger partial charge in [-0.3, -0.25) is 0 Å². The summed E-state index contributed by atoms with van der Waals surface area (Å²) in [5, 5.41) is 11.6. The van der Waals surface area contributed by atoms with Crippen molar-refractivity contribution in [2.75, 3.05) is 12.4 Å². The number of halogens is 1. The molecule has 7 atom stereocenters. The molecule has 0 saturated heterocycles. The fraction of sp³-hybridized carbons (Fsp3) is 0.613. The third kappa shape index (κ3) is 7.45. The molecule has 2 aliphatic rings. The molecule has 0 heterocycles. The molecule has 6 heteroatoms. The van der Waals surface area contributed by atoms with Gasteiger partial charge in [0.1, 0.15) is 16.4 Å². The van der Waals surface area contributed by atoms with Crippen LogP contribution in [0.1, 0.15) is 83.8 Å². The van der Waals surface area contributed by atoms with E-state index in [1.54, 1.807) is 12.2 Å². The van der Waals surface area contributed by atoms with E-state index >= 15 is 0 Å². The van der Waals surface area contributed by atoms with Crippen molar-refractivity contribution in [1.29, 1.82) is 0 Å². The van der Waals surface area contributed by atoms with Gasteiger partial charge in [0.25, 0.3) is 0 Å². The van der Waals surface area contributed by atoms with Gasteiger partial charge in [-0.15, -0.1) is 6.58 Å². The zero-order valence-electron chi connectivity index (χ0n) is 23.2. The molecule has 1 aromatic rings. The van der Waals surface area contributed by atoms with E-state index in [-0.39, 0.29) is 11.7 Å². The predicted octanol–water partition coefficient (Wildman–Crippen LogP) is 7.63. The summed E-state index contributed by atoms with van der Waals surface area (Å²) in [4.78, 5) is 0.851. The Hall–Kier alpha value is -1.24. The van der Waals surface area contributed by atoms with Gasteiger partial charge in [0.2, 0.25) is 0 Å². The van der Waals surface area contributed by atoms with Crippen LogP contribution < -0.4 is 4.74 Å². The number of aliphatic hydroxyl groups is 1. The number of aryl methyl sites for hydroxylation is 1. The number of fused-ring (bicyclic) bond motifs is 3. The van der Waals surface area contributed by atoms with Crippen LogP contribution in [0.3, 0.4) is 0 Å². The summed E-state index contributed by atoms with van der Waals surface area (Å²) in [6, 6.07) is 6.50. The second kappa shape index (κ2) is 13.7. The van der Waals surface area contributed by atoms with Crippen LogP contribution in [0.2, 0.25) is 0 Å². The van der Waals surface area contributed by atoms with Crippen LogP contribution in [0.5, 0.6) is 5.75 Å². The van der Waals surface area contributed by atoms with Crippen LogP contribution in [-0.4, -0.2) is 34.4 Å². The summed E-state index contributed by atoms with van der Waals surface area (Å²) >= 11 is 4.90. The Morgan fingerprint density at radius 3 is 2.73 bits per heavy atom. The highest BCUT2D eigenvalue weighted by atomic mass is 35.5. The lowest BCUT2D eigenvalue weighted by Crippen LogP contribution is -2.48. The molecule has 1 aromatic carbocycles. The van der Waals surface area contributed by atoms with Crippen LogP contribution in [0.15, 0.2) is 52.9 Å². The molecule has 0 aromatic heterocycles. The van der Waals surface area contributed by atoms with Gasteiger partial charge >= 0.3 is 0 Å². The van der Waals surface area contributed by atoms with Crippen molar-refractivity contribution in [3.05, 3.63) is 64.1 Å². The number of aliphatic hydroxyl groups excluding tert-OH is 1. The van der Waals surface area contributed by atoms with Crippen molar-refractivity contribution in [2.45, 2.75) is 91.5 Å². The SMILES string of the molecule is C=CC/C(=C\C=C(/C)Cl)[S+]([O-])CCC1C2CCc3cc(OC(C)OCC)ccc3C2CC[C@]1(C)C(C)O. The van der Waals surface area contributed by atoms with E-state index in [9.17, 15) is 9.66 Å². The van der Waals surface area contributed by atoms with Crippen molar-refractivity contribution in [1.82, 2.24) is 0 Å². The lowest BCUT2D eigenvalue weighted by molar-refractivity contribution is -0.0625. The maximum Gasteiger partial charge on any atom is 0.196 e. The first-order valence-corrected chi connectivity index (χ1v) is 15.4. The molecule has 1 N–H and O–H groups in total. The van der Waals surface area contributed by atoms with E-state index in [1.165, 1.54) is 11.1 Å². The van der Waals surface area contributed by atoms with Gasteiger partial charge in [0.05, 0.1) is 6.10 Å². The number of hydrogen-bond acceptors (Lipinski definition) is 4. The smallest absolute Gasteiger partial charge is 0.196 e. The van der Waals surface area contributed by atoms with Crippen LogP contribution in [0, 0.1) is 17.3 Å². The van der Waals surface area contributed by atoms with Gasteiger partial charge in [0, 0.05) is 18.1 Å². The molecule has 0 bridgehead atoms. The standard InChI is InChI=1S/C31H45ClO4S/c1-7-9-26(13-10-21(3)32)37(34)19-17-30-29-14-11-24-20-25(36-23(5)35-8-2)12-15-27(24)28(29)16-18-31(30,6)22(4)33/h7,10,12-13,15,20,22-23,28-30,33H,1,8-9,11,14,16-19H2,2-6H3/b21-10+,26-13+/t22?,23?,28?,29?,30?,31-,37?/m1/s1. The molecule has 6 unspecified atom stereocenters. The average Bonchev–Trinajstić information content (AvgIpc) is 2.85. The molecule has 3 rings (SSSR count). The first-order chi connectivity index (χ1) is 17.6. The lowest BCUT2D eigenvalue weighted by atomic mass is 9.52. The minimum Gasteiger partial charge on any atom is -0.612 e. The number of allylic oxidation sites excluding steroid dienone is 5. The fourth-order valence-electron chi connectivity index (χ4n) is 6.45. The predicted molar refractivity (Wildman–Crippen MR) is 155 cm³/mol. The Morgan fingerprint density at radius 1 is 1.32 bits per heavy atom. The molecular weight excluding hydrogens is 504 g/mol. The largest absolute Gasteiger partial charge is 0.612 e. The molecule has 37 heavy (non-hydrogen) atoms. The zero-order valence-corrected chi connectivity index (χ0v) is 24.7. The Kier molecular flexibility index (Phi) is 11.2. The third-order valence-electron chi connectivity index (χ3n) is 8.54. The molecule has 0 aliphatic heterocycles. The maximum absolute atomic E-state index is 13.3. The van der Waals surface area contributed by atoms with E-state index < -0.39 is 17.3 Å². The highest BCUT2D eigenvalue weighted by Gasteiger charge is 2.50. The maximum atomic E-state index is 13.3. The molecule has 2 aliphatic carbocycles. The molecule has 206 valence electrons. The Balaban J connectivity index is 1.81. The third-order valence-corrected chi connectivity index (χ3v) is 10.2. The van der Waals surface area contributed by atoms with Gasteiger partial charge < -0.3 is 19.1 Å². The zero-order chi connectivity index (χ0) is 27.2. The highest BCUT2D eigenvalue weighted by molar-refractivity contribution is 7.95. The Bertz CT molecular complexity index is 970. The minimum absolute atomic E-state index is 0.187. The van der Waals surface area contributed by atoms with Gasteiger partial charge in [-0.2, -0.15) is 0 Å². The molecule has 0 radical (unpaired) electrons. The number of rotatable bonds is 12. The van der Waals surface area contributed by atoms with E-state index in [2.05, 4.69) is 31.7 Å². The van der Waals surface area contributed by atoms with Gasteiger partial charge in [-0.1, -0.05) is 30.7 Å². The number of ether oxygens (including phenoxy) is 2. The normalized spacial score (nSPS) is 28.6. The summed E-state index contributed by atoms with van der Waals surface area (Å²) in [5.41, 5.74) is 2.60. The second-order valence-corrected chi connectivity index (χ2v) is 13.1. The summed E-state index contributed by atoms with van der Waals surface area (Å²) in [7, 11) is 0. The summed E-state index contributed by atoms with van der Waals surface area (Å²) in [5.74, 6) is 2.66. The van der Waals surface area contributed by atoms with Crippen LogP contribution in [0.4, 0.5) is 0 Å². The summed E-state index contributed by atoms with van der Waals surface area (Å²) in [6.07, 6.45) is 10.3. The first kappa shape index (κ1) is 30.3. The monoisotopic (exact) mass is 548 g/mol. The molecular formula is C31H45ClO4S. The van der Waals surface area contributed by atoms with E-state index in [4.69, 9.17) is 21.1 Å². The Morgan fingerprint density at radius 2 is 2.08 bits per heavy atom. The van der Waals surface area contributed by atoms with Crippen molar-refractivity contribution in [2.24, 2.45) is 17.3 Å². The number of hydrogen-bond donors (Lipinski definition) is 1. The molecule has 4 nitrogen and oxygen atoms in total. The molecule has 1 fully saturated rings. The van der Waals surface area contributed by atoms with Crippen molar-refractivity contribution >= 4 is 22.8 Å². The van der Waals surface area contributed by atoms with E-state index in [0.717, 1.165) is 42.8 Å². The molecule has 0 amide bonds. The van der Waals surface area contributed by atoms with E-state index in [0.29, 0.717) is 41.6 Å². The first-order valence-electron chi connectivity index (χ1n) is 13.7. The van der Waals surface area contributed by atoms with E-state index in [1.807, 2.05) is 33.8 Å². The van der Waals surface area contributed by atoms with Crippen molar-refractivity contribution in [3.63, 3.8) is 0 Å². The lowest BCUT2D eigenvalue weighted by Gasteiger charge is -2.53. The summed E-state index contributed by atoms with van der Waals surface area (Å²) in [6.45, 7) is 14.3. The van der Waals surface area contributed by atoms with Gasteiger partial charge in [-0.25, -0.2) is 0 Å². The van der Waals surface area contributed by atoms with Crippen LogP contribution in [-0.2, 0) is 22.3 Å². The van der Waals surface area contributed by atoms with Crippen LogP contribution in [0.25, 0.3) is 0 Å². The topological polar surface area (TPSA) is 61.8 Å². The number of benzene rings is 1. The van der Waals surface area contributed by atoms with Crippen molar-refractivity contribution < 1.29 is 19.1 Å². The van der Waals surface area contributed by atoms with Gasteiger partial charge in [-0.05, 0) is 130 Å². The average molecular weight is 549 g/mol. The van der Waals surface area contributed by atoms with Crippen LogP contribution >= 0.6 is 11.6 Å². The minimum atomic E-state index is -1.11. The van der Waals surface area contributed by atoms with Crippen molar-refractivity contribution in [3.8, 4) is 5.75 Å². The summed E-state index contributed by atoms with van der Waals surface area (Å²) < 4.78 is 24.9.